The second-order valence-electron chi connectivity index (χ2n) is 3.36. The van der Waals surface area contributed by atoms with Crippen LogP contribution in [0.5, 0.6) is 0 Å². The van der Waals surface area contributed by atoms with Gasteiger partial charge in [0, 0.05) is 6.42 Å². The largest absolute Gasteiger partial charge is 0.481 e. The Morgan fingerprint density at radius 1 is 1.50 bits per heavy atom. The van der Waals surface area contributed by atoms with Crippen molar-refractivity contribution in [3.63, 3.8) is 0 Å². The predicted molar refractivity (Wildman–Crippen MR) is 50.9 cm³/mol. The Morgan fingerprint density at radius 3 is 2.64 bits per heavy atom. The number of hydrogen-bond acceptors (Lipinski definition) is 3. The van der Waals surface area contributed by atoms with Gasteiger partial charge in [-0.25, -0.2) is 0 Å². The van der Waals surface area contributed by atoms with E-state index in [1.54, 1.807) is 0 Å². The molecular formula is C10H16O4. The monoisotopic (exact) mass is 200 g/mol. The van der Waals surface area contributed by atoms with Crippen molar-refractivity contribution in [1.29, 1.82) is 0 Å². The molecule has 1 N–H and O–H groups in total. The molecule has 0 aromatic heterocycles. The number of ether oxygens (including phenoxy) is 2. The highest BCUT2D eigenvalue weighted by Gasteiger charge is 2.38. The number of carbonyl (C=O) groups is 1. The maximum absolute atomic E-state index is 10.6. The molecule has 0 aromatic rings. The quantitative estimate of drug-likeness (QED) is 0.522. The Kier molecular flexibility index (Phi) is 4.10. The van der Waals surface area contributed by atoms with Crippen molar-refractivity contribution in [3.05, 3.63) is 12.7 Å². The molecule has 14 heavy (non-hydrogen) atoms. The van der Waals surface area contributed by atoms with Crippen LogP contribution in [0.25, 0.3) is 0 Å². The highest BCUT2D eigenvalue weighted by molar-refractivity contribution is 5.67. The Labute approximate surface area is 83.5 Å². The van der Waals surface area contributed by atoms with Gasteiger partial charge in [0.15, 0.2) is 5.79 Å². The minimum atomic E-state index is -0.884. The summed E-state index contributed by atoms with van der Waals surface area (Å²) in [5.41, 5.74) is 0. The van der Waals surface area contributed by atoms with E-state index in [4.69, 9.17) is 14.6 Å². The topological polar surface area (TPSA) is 55.8 Å². The van der Waals surface area contributed by atoms with Gasteiger partial charge in [0.1, 0.15) is 0 Å². The van der Waals surface area contributed by atoms with Crippen LogP contribution in [0.3, 0.4) is 0 Å². The predicted octanol–water partition coefficient (Wildman–Crippen LogP) is 1.56. The molecule has 1 aliphatic heterocycles. The highest BCUT2D eigenvalue weighted by atomic mass is 16.7. The zero-order valence-electron chi connectivity index (χ0n) is 8.20. The molecule has 80 valence electrons. The summed E-state index contributed by atoms with van der Waals surface area (Å²) >= 11 is 0. The van der Waals surface area contributed by atoms with E-state index < -0.39 is 11.8 Å². The molecule has 0 aromatic carbocycles. The molecule has 1 aliphatic rings. The fourth-order valence-electron chi connectivity index (χ4n) is 1.58. The van der Waals surface area contributed by atoms with Crippen molar-refractivity contribution in [1.82, 2.24) is 0 Å². The summed E-state index contributed by atoms with van der Waals surface area (Å²) in [5, 5.41) is 8.72. The van der Waals surface area contributed by atoms with Crippen molar-refractivity contribution < 1.29 is 19.4 Å². The SMILES string of the molecule is C=CCCCC1(CC(=O)O)OCCO1. The normalized spacial score (nSPS) is 19.4. The first-order valence-corrected chi connectivity index (χ1v) is 4.79. The molecule has 1 heterocycles. The number of hydrogen-bond donors (Lipinski definition) is 1. The molecule has 0 spiro atoms. The van der Waals surface area contributed by atoms with Crippen LogP contribution in [0, 0.1) is 0 Å². The second kappa shape index (κ2) is 5.12. The van der Waals surface area contributed by atoms with Crippen molar-refractivity contribution in [2.24, 2.45) is 0 Å². The maximum Gasteiger partial charge on any atom is 0.308 e. The first-order valence-electron chi connectivity index (χ1n) is 4.79. The first-order chi connectivity index (χ1) is 6.68. The highest BCUT2D eigenvalue weighted by Crippen LogP contribution is 2.29. The van der Waals surface area contributed by atoms with Crippen LogP contribution in [-0.2, 0) is 14.3 Å². The molecule has 0 aliphatic carbocycles. The third-order valence-corrected chi connectivity index (χ3v) is 2.20. The van der Waals surface area contributed by atoms with Gasteiger partial charge in [-0.3, -0.25) is 4.79 Å². The summed E-state index contributed by atoms with van der Waals surface area (Å²) < 4.78 is 10.7. The summed E-state index contributed by atoms with van der Waals surface area (Å²) in [6, 6.07) is 0. The summed E-state index contributed by atoms with van der Waals surface area (Å²) in [4.78, 5) is 10.6. The zero-order chi connectivity index (χ0) is 10.4. The van der Waals surface area contributed by atoms with Crippen molar-refractivity contribution >= 4 is 5.97 Å². The molecule has 4 nitrogen and oxygen atoms in total. The Morgan fingerprint density at radius 2 is 2.14 bits per heavy atom. The van der Waals surface area contributed by atoms with Crippen LogP contribution in [0.1, 0.15) is 25.7 Å². The van der Waals surface area contributed by atoms with Crippen LogP contribution in [0.4, 0.5) is 0 Å². The van der Waals surface area contributed by atoms with Gasteiger partial charge < -0.3 is 14.6 Å². The molecule has 0 amide bonds. The van der Waals surface area contributed by atoms with E-state index in [2.05, 4.69) is 6.58 Å². The zero-order valence-corrected chi connectivity index (χ0v) is 8.20. The molecule has 0 radical (unpaired) electrons. The number of allylic oxidation sites excluding steroid dienone is 1. The average Bonchev–Trinajstić information content (AvgIpc) is 2.53. The minimum absolute atomic E-state index is 0.0792. The molecule has 0 unspecified atom stereocenters. The molecule has 0 bridgehead atoms. The second-order valence-corrected chi connectivity index (χ2v) is 3.36. The van der Waals surface area contributed by atoms with Gasteiger partial charge in [-0.05, 0) is 12.8 Å². The lowest BCUT2D eigenvalue weighted by molar-refractivity contribution is -0.182. The lowest BCUT2D eigenvalue weighted by Crippen LogP contribution is -2.33. The van der Waals surface area contributed by atoms with E-state index >= 15 is 0 Å². The summed E-state index contributed by atoms with van der Waals surface area (Å²) in [6.45, 7) is 4.59. The Bertz CT molecular complexity index is 206. The summed E-state index contributed by atoms with van der Waals surface area (Å²) in [6.07, 6.45) is 4.05. The number of unbranched alkanes of at least 4 members (excludes halogenated alkanes) is 1. The van der Waals surface area contributed by atoms with Gasteiger partial charge in [-0.15, -0.1) is 6.58 Å². The summed E-state index contributed by atoms with van der Waals surface area (Å²) in [5.74, 6) is -1.76. The van der Waals surface area contributed by atoms with Crippen LogP contribution < -0.4 is 0 Å². The molecule has 1 saturated heterocycles. The molecule has 0 saturated carbocycles. The van der Waals surface area contributed by atoms with Gasteiger partial charge in [-0.1, -0.05) is 6.08 Å². The van der Waals surface area contributed by atoms with E-state index in [0.717, 1.165) is 12.8 Å². The lowest BCUT2D eigenvalue weighted by atomic mass is 10.1. The fourth-order valence-corrected chi connectivity index (χ4v) is 1.58. The minimum Gasteiger partial charge on any atom is -0.481 e. The molecular weight excluding hydrogens is 184 g/mol. The third-order valence-electron chi connectivity index (χ3n) is 2.20. The van der Waals surface area contributed by atoms with E-state index in [9.17, 15) is 4.79 Å². The maximum atomic E-state index is 10.6. The smallest absolute Gasteiger partial charge is 0.308 e. The first kappa shape index (κ1) is 11.2. The average molecular weight is 200 g/mol. The van der Waals surface area contributed by atoms with Gasteiger partial charge in [0.25, 0.3) is 0 Å². The number of aliphatic carboxylic acids is 1. The fraction of sp³-hybridized carbons (Fsp3) is 0.700. The number of carboxylic acids is 1. The van der Waals surface area contributed by atoms with E-state index in [1.165, 1.54) is 0 Å². The molecule has 0 atom stereocenters. The van der Waals surface area contributed by atoms with E-state index in [0.29, 0.717) is 19.6 Å². The summed E-state index contributed by atoms with van der Waals surface area (Å²) in [7, 11) is 0. The van der Waals surface area contributed by atoms with Crippen LogP contribution >= 0.6 is 0 Å². The van der Waals surface area contributed by atoms with Crippen LogP contribution in [0.2, 0.25) is 0 Å². The molecule has 4 heteroatoms. The van der Waals surface area contributed by atoms with Crippen LogP contribution in [0.15, 0.2) is 12.7 Å². The van der Waals surface area contributed by atoms with Crippen molar-refractivity contribution in [2.45, 2.75) is 31.5 Å². The molecule has 1 fully saturated rings. The third kappa shape index (κ3) is 3.12. The Hall–Kier alpha value is -0.870. The Balaban J connectivity index is 2.44. The number of rotatable bonds is 6. The van der Waals surface area contributed by atoms with E-state index in [1.807, 2.05) is 6.08 Å². The molecule has 1 rings (SSSR count). The van der Waals surface area contributed by atoms with Gasteiger partial charge in [0.05, 0.1) is 19.6 Å². The standard InChI is InChI=1S/C10H16O4/c1-2-3-4-5-10(8-9(11)12)13-6-7-14-10/h2H,1,3-8H2,(H,11,12). The van der Waals surface area contributed by atoms with Gasteiger partial charge in [-0.2, -0.15) is 0 Å². The number of carboxylic acid groups (broad SMARTS) is 1. The van der Waals surface area contributed by atoms with Gasteiger partial charge in [0.2, 0.25) is 0 Å². The van der Waals surface area contributed by atoms with E-state index in [-0.39, 0.29) is 6.42 Å². The van der Waals surface area contributed by atoms with Gasteiger partial charge >= 0.3 is 5.97 Å². The van der Waals surface area contributed by atoms with Crippen LogP contribution in [-0.4, -0.2) is 30.1 Å². The lowest BCUT2D eigenvalue weighted by Gasteiger charge is -2.25. The van der Waals surface area contributed by atoms with Crippen molar-refractivity contribution in [2.75, 3.05) is 13.2 Å². The van der Waals surface area contributed by atoms with Crippen molar-refractivity contribution in [3.8, 4) is 0 Å².